The molecule has 128 valence electrons. The first-order valence-electron chi connectivity index (χ1n) is 8.21. The molecule has 2 heterocycles. The van der Waals surface area contributed by atoms with Crippen molar-refractivity contribution in [1.29, 1.82) is 0 Å². The number of aliphatic hydroxyl groups excluding tert-OH is 1. The number of para-hydroxylation sites is 2. The van der Waals surface area contributed by atoms with Crippen LogP contribution in [0.25, 0.3) is 11.0 Å². The molecule has 0 saturated heterocycles. The van der Waals surface area contributed by atoms with E-state index in [9.17, 15) is 5.11 Å². The number of fused-ring (bicyclic) bond motifs is 1. The van der Waals surface area contributed by atoms with Gasteiger partial charge in [0, 0.05) is 13.0 Å². The van der Waals surface area contributed by atoms with E-state index in [0.717, 1.165) is 23.3 Å². The quantitative estimate of drug-likeness (QED) is 0.692. The van der Waals surface area contributed by atoms with Crippen LogP contribution in [0.1, 0.15) is 32.5 Å². The van der Waals surface area contributed by atoms with Gasteiger partial charge in [-0.15, -0.1) is 0 Å². The Morgan fingerprint density at radius 1 is 1.21 bits per heavy atom. The molecule has 0 aliphatic carbocycles. The minimum atomic E-state index is -0.459. The van der Waals surface area contributed by atoms with E-state index in [2.05, 4.69) is 34.3 Å². The van der Waals surface area contributed by atoms with Crippen LogP contribution in [0.4, 0.5) is 5.95 Å². The van der Waals surface area contributed by atoms with Crippen molar-refractivity contribution in [3.63, 3.8) is 0 Å². The summed E-state index contributed by atoms with van der Waals surface area (Å²) in [6, 6.07) is 7.88. The highest BCUT2D eigenvalue weighted by Gasteiger charge is 2.15. The van der Waals surface area contributed by atoms with Crippen LogP contribution in [0.2, 0.25) is 0 Å². The van der Waals surface area contributed by atoms with E-state index in [4.69, 9.17) is 4.52 Å². The predicted octanol–water partition coefficient (Wildman–Crippen LogP) is 2.46. The summed E-state index contributed by atoms with van der Waals surface area (Å²) in [7, 11) is 0. The summed E-state index contributed by atoms with van der Waals surface area (Å²) in [5, 5.41) is 16.7. The Bertz CT molecular complexity index is 806. The van der Waals surface area contributed by atoms with Crippen molar-refractivity contribution >= 4 is 17.0 Å². The third kappa shape index (κ3) is 3.73. The Hall–Kier alpha value is -2.41. The van der Waals surface area contributed by atoms with Gasteiger partial charge in [0.25, 0.3) is 0 Å². The summed E-state index contributed by atoms with van der Waals surface area (Å²) in [6.07, 6.45) is 0.334. The number of imidazole rings is 1. The van der Waals surface area contributed by atoms with Crippen LogP contribution in [-0.2, 0) is 13.0 Å². The first kappa shape index (κ1) is 16.4. The van der Waals surface area contributed by atoms with Crippen LogP contribution < -0.4 is 5.32 Å². The number of benzene rings is 1. The van der Waals surface area contributed by atoms with Gasteiger partial charge in [0.2, 0.25) is 11.8 Å². The lowest BCUT2D eigenvalue weighted by molar-refractivity contribution is 0.208. The topological polar surface area (TPSA) is 89.0 Å². The standard InChI is InChI=1S/C17H23N5O2/c1-11(2)8-15-20-16(24-21-15)10-22-14-7-5-4-6-13(14)19-17(22)18-9-12(3)23/h4-7,11-12,23H,8-10H2,1-3H3,(H,18,19). The molecular formula is C17H23N5O2. The molecule has 1 atom stereocenters. The summed E-state index contributed by atoms with van der Waals surface area (Å²) >= 11 is 0. The van der Waals surface area contributed by atoms with Gasteiger partial charge in [-0.2, -0.15) is 4.98 Å². The molecule has 0 aliphatic heterocycles. The first-order valence-corrected chi connectivity index (χ1v) is 8.21. The Morgan fingerprint density at radius 3 is 2.75 bits per heavy atom. The summed E-state index contributed by atoms with van der Waals surface area (Å²) in [4.78, 5) is 9.05. The van der Waals surface area contributed by atoms with Crippen molar-refractivity contribution in [2.45, 2.75) is 39.8 Å². The monoisotopic (exact) mass is 329 g/mol. The number of aromatic nitrogens is 4. The van der Waals surface area contributed by atoms with E-state index < -0.39 is 6.10 Å². The third-order valence-corrected chi connectivity index (χ3v) is 3.60. The molecule has 7 heteroatoms. The van der Waals surface area contributed by atoms with Crippen molar-refractivity contribution in [3.8, 4) is 0 Å². The van der Waals surface area contributed by atoms with Crippen molar-refractivity contribution < 1.29 is 9.63 Å². The smallest absolute Gasteiger partial charge is 0.246 e. The van der Waals surface area contributed by atoms with Gasteiger partial charge in [-0.3, -0.25) is 0 Å². The van der Waals surface area contributed by atoms with Crippen LogP contribution >= 0.6 is 0 Å². The van der Waals surface area contributed by atoms with E-state index in [0.29, 0.717) is 30.8 Å². The van der Waals surface area contributed by atoms with Crippen molar-refractivity contribution in [1.82, 2.24) is 19.7 Å². The van der Waals surface area contributed by atoms with E-state index in [1.54, 1.807) is 6.92 Å². The Balaban J connectivity index is 1.89. The van der Waals surface area contributed by atoms with Crippen LogP contribution in [0.15, 0.2) is 28.8 Å². The maximum atomic E-state index is 9.52. The number of rotatable bonds is 7. The second-order valence-electron chi connectivity index (χ2n) is 6.44. The van der Waals surface area contributed by atoms with Crippen LogP contribution in [0, 0.1) is 5.92 Å². The molecule has 3 rings (SSSR count). The van der Waals surface area contributed by atoms with E-state index in [1.165, 1.54) is 0 Å². The minimum Gasteiger partial charge on any atom is -0.392 e. The SMILES string of the molecule is CC(C)Cc1noc(Cn2c(NCC(C)O)nc3ccccc32)n1. The summed E-state index contributed by atoms with van der Waals surface area (Å²) in [6.45, 7) is 6.84. The molecular weight excluding hydrogens is 306 g/mol. The summed E-state index contributed by atoms with van der Waals surface area (Å²) in [5.41, 5.74) is 1.86. The van der Waals surface area contributed by atoms with Gasteiger partial charge in [-0.05, 0) is 25.0 Å². The van der Waals surface area contributed by atoms with Gasteiger partial charge in [-0.1, -0.05) is 31.1 Å². The average molecular weight is 329 g/mol. The molecule has 3 aromatic rings. The molecule has 1 unspecified atom stereocenters. The van der Waals surface area contributed by atoms with Crippen molar-refractivity contribution in [2.75, 3.05) is 11.9 Å². The fourth-order valence-electron chi connectivity index (χ4n) is 2.55. The Morgan fingerprint density at radius 2 is 2.00 bits per heavy atom. The lowest BCUT2D eigenvalue weighted by Gasteiger charge is -2.10. The van der Waals surface area contributed by atoms with E-state index in [-0.39, 0.29) is 0 Å². The van der Waals surface area contributed by atoms with E-state index in [1.807, 2.05) is 28.8 Å². The molecule has 0 saturated carbocycles. The molecule has 2 aromatic heterocycles. The lowest BCUT2D eigenvalue weighted by Crippen LogP contribution is -2.18. The molecule has 0 bridgehead atoms. The fraction of sp³-hybridized carbons (Fsp3) is 0.471. The minimum absolute atomic E-state index is 0.422. The molecule has 1 aromatic carbocycles. The van der Waals surface area contributed by atoms with Gasteiger partial charge >= 0.3 is 0 Å². The van der Waals surface area contributed by atoms with Gasteiger partial charge in [-0.25, -0.2) is 4.98 Å². The fourth-order valence-corrected chi connectivity index (χ4v) is 2.55. The number of hydrogen-bond acceptors (Lipinski definition) is 6. The van der Waals surface area contributed by atoms with E-state index >= 15 is 0 Å². The maximum absolute atomic E-state index is 9.52. The average Bonchev–Trinajstić information content (AvgIpc) is 3.10. The number of nitrogens with zero attached hydrogens (tertiary/aromatic N) is 4. The maximum Gasteiger partial charge on any atom is 0.246 e. The zero-order chi connectivity index (χ0) is 17.1. The highest BCUT2D eigenvalue weighted by Crippen LogP contribution is 2.21. The molecule has 7 nitrogen and oxygen atoms in total. The molecule has 0 radical (unpaired) electrons. The Labute approximate surface area is 140 Å². The number of hydrogen-bond donors (Lipinski definition) is 2. The second-order valence-corrected chi connectivity index (χ2v) is 6.44. The van der Waals surface area contributed by atoms with Crippen LogP contribution in [0.3, 0.4) is 0 Å². The van der Waals surface area contributed by atoms with Gasteiger partial charge < -0.3 is 19.5 Å². The zero-order valence-corrected chi connectivity index (χ0v) is 14.2. The highest BCUT2D eigenvalue weighted by atomic mass is 16.5. The van der Waals surface area contributed by atoms with Gasteiger partial charge in [0.05, 0.1) is 17.1 Å². The van der Waals surface area contributed by atoms with Crippen LogP contribution in [-0.4, -0.2) is 37.4 Å². The van der Waals surface area contributed by atoms with Gasteiger partial charge in [0.15, 0.2) is 5.82 Å². The molecule has 0 spiro atoms. The third-order valence-electron chi connectivity index (χ3n) is 3.60. The summed E-state index contributed by atoms with van der Waals surface area (Å²) in [5.74, 6) is 2.44. The molecule has 2 N–H and O–H groups in total. The molecule has 0 fully saturated rings. The number of aliphatic hydroxyl groups is 1. The highest BCUT2D eigenvalue weighted by molar-refractivity contribution is 5.78. The Kier molecular flexibility index (Phi) is 4.80. The molecule has 0 aliphatic rings. The largest absolute Gasteiger partial charge is 0.392 e. The van der Waals surface area contributed by atoms with Crippen molar-refractivity contribution in [2.24, 2.45) is 5.92 Å². The number of anilines is 1. The van der Waals surface area contributed by atoms with Gasteiger partial charge in [0.1, 0.15) is 6.54 Å². The van der Waals surface area contributed by atoms with Crippen molar-refractivity contribution in [3.05, 3.63) is 36.0 Å². The zero-order valence-electron chi connectivity index (χ0n) is 14.2. The first-order chi connectivity index (χ1) is 11.5. The molecule has 0 amide bonds. The number of nitrogens with one attached hydrogen (secondary N) is 1. The molecule has 24 heavy (non-hydrogen) atoms. The lowest BCUT2D eigenvalue weighted by atomic mass is 10.1. The predicted molar refractivity (Wildman–Crippen MR) is 91.8 cm³/mol. The van der Waals surface area contributed by atoms with Crippen LogP contribution in [0.5, 0.6) is 0 Å². The normalized spacial score (nSPS) is 12.9. The second kappa shape index (κ2) is 7.00. The summed E-state index contributed by atoms with van der Waals surface area (Å²) < 4.78 is 7.37.